The second kappa shape index (κ2) is 6.97. The summed E-state index contributed by atoms with van der Waals surface area (Å²) in [6.07, 6.45) is 6.05. The second-order valence-corrected chi connectivity index (χ2v) is 6.62. The van der Waals surface area contributed by atoms with Gasteiger partial charge in [-0.3, -0.25) is 4.79 Å². The van der Waals surface area contributed by atoms with Crippen LogP contribution in [0.4, 0.5) is 4.39 Å². The summed E-state index contributed by atoms with van der Waals surface area (Å²) in [7, 11) is 0. The Balaban J connectivity index is 0.00000176. The topological polar surface area (TPSA) is 46.3 Å². The number of hydrogen-bond acceptors (Lipinski definition) is 2. The number of rotatable bonds is 5. The monoisotopic (exact) mass is 326 g/mol. The summed E-state index contributed by atoms with van der Waals surface area (Å²) in [6, 6.07) is 6.40. The van der Waals surface area contributed by atoms with E-state index in [0.717, 1.165) is 37.8 Å². The fourth-order valence-electron chi connectivity index (χ4n) is 3.18. The highest BCUT2D eigenvalue weighted by Crippen LogP contribution is 2.33. The average Bonchev–Trinajstić information content (AvgIpc) is 3.18. The number of nitrogens with zero attached hydrogens (tertiary/aromatic N) is 1. The van der Waals surface area contributed by atoms with E-state index in [9.17, 15) is 9.18 Å². The van der Waals surface area contributed by atoms with Gasteiger partial charge in [0.25, 0.3) is 0 Å². The molecular weight excluding hydrogens is 303 g/mol. The van der Waals surface area contributed by atoms with Crippen molar-refractivity contribution >= 4 is 18.3 Å². The second-order valence-electron chi connectivity index (χ2n) is 6.62. The molecule has 22 heavy (non-hydrogen) atoms. The molecule has 0 radical (unpaired) electrons. The van der Waals surface area contributed by atoms with Crippen LogP contribution in [0.15, 0.2) is 24.3 Å². The Morgan fingerprint density at radius 2 is 1.82 bits per heavy atom. The smallest absolute Gasteiger partial charge is 0.242 e. The lowest BCUT2D eigenvalue weighted by Crippen LogP contribution is -2.53. The molecule has 2 fully saturated rings. The Kier molecular flexibility index (Phi) is 5.45. The van der Waals surface area contributed by atoms with Crippen LogP contribution >= 0.6 is 12.4 Å². The van der Waals surface area contributed by atoms with E-state index in [2.05, 4.69) is 0 Å². The highest BCUT2D eigenvalue weighted by atomic mass is 35.5. The summed E-state index contributed by atoms with van der Waals surface area (Å²) in [4.78, 5) is 14.7. The minimum Gasteiger partial charge on any atom is -0.336 e. The first kappa shape index (κ1) is 17.2. The van der Waals surface area contributed by atoms with Crippen molar-refractivity contribution in [3.8, 4) is 0 Å². The van der Waals surface area contributed by atoms with Gasteiger partial charge in [-0.25, -0.2) is 4.39 Å². The number of carbonyl (C=O) groups is 1. The molecule has 5 heteroatoms. The third-order valence-corrected chi connectivity index (χ3v) is 4.67. The summed E-state index contributed by atoms with van der Waals surface area (Å²) in [5.41, 5.74) is 6.62. The van der Waals surface area contributed by atoms with Crippen LogP contribution in [0.5, 0.6) is 0 Å². The molecule has 0 aliphatic heterocycles. The van der Waals surface area contributed by atoms with Gasteiger partial charge in [-0.1, -0.05) is 25.0 Å². The highest BCUT2D eigenvalue weighted by molar-refractivity contribution is 5.86. The molecule has 2 saturated carbocycles. The fourth-order valence-corrected chi connectivity index (χ4v) is 3.18. The summed E-state index contributed by atoms with van der Waals surface area (Å²) in [5, 5.41) is 0. The van der Waals surface area contributed by atoms with Gasteiger partial charge in [-0.2, -0.15) is 0 Å². The number of nitrogens with two attached hydrogens (primary N) is 1. The van der Waals surface area contributed by atoms with E-state index in [1.165, 1.54) is 25.0 Å². The molecule has 122 valence electrons. The van der Waals surface area contributed by atoms with Crippen LogP contribution < -0.4 is 5.73 Å². The fraction of sp³-hybridized carbons (Fsp3) is 0.588. The molecule has 1 aromatic rings. The summed E-state index contributed by atoms with van der Waals surface area (Å²) >= 11 is 0. The van der Waals surface area contributed by atoms with E-state index in [0.29, 0.717) is 12.5 Å². The molecule has 2 N–H and O–H groups in total. The zero-order valence-corrected chi connectivity index (χ0v) is 13.6. The Hall–Kier alpha value is -1.13. The standard InChI is InChI=1S/C17H23FN2O.ClH/c18-15-7-5-14(6-8-15)12-20(11-13-3-4-13)16(21)17(19)9-1-2-10-17;/h5-8,13H,1-4,9-12,19H2;1H. The van der Waals surface area contributed by atoms with E-state index in [4.69, 9.17) is 5.73 Å². The third kappa shape index (κ3) is 3.99. The van der Waals surface area contributed by atoms with Gasteiger partial charge in [0.1, 0.15) is 5.82 Å². The van der Waals surface area contributed by atoms with Crippen LogP contribution in [0, 0.1) is 11.7 Å². The van der Waals surface area contributed by atoms with Crippen molar-refractivity contribution in [2.75, 3.05) is 6.54 Å². The van der Waals surface area contributed by atoms with Gasteiger partial charge in [-0.05, 0) is 49.3 Å². The predicted octanol–water partition coefficient (Wildman–Crippen LogP) is 3.26. The number of amides is 1. The molecule has 0 spiro atoms. The van der Waals surface area contributed by atoms with Crippen molar-refractivity contribution < 1.29 is 9.18 Å². The predicted molar refractivity (Wildman–Crippen MR) is 87.2 cm³/mol. The van der Waals surface area contributed by atoms with E-state index in [1.54, 1.807) is 12.1 Å². The van der Waals surface area contributed by atoms with Crippen LogP contribution in [0.25, 0.3) is 0 Å². The molecule has 0 bridgehead atoms. The maximum Gasteiger partial charge on any atom is 0.242 e. The maximum atomic E-state index is 13.0. The highest BCUT2D eigenvalue weighted by Gasteiger charge is 2.41. The Bertz CT molecular complexity index is 510. The summed E-state index contributed by atoms with van der Waals surface area (Å²) < 4.78 is 13.0. The number of hydrogen-bond donors (Lipinski definition) is 1. The molecule has 0 unspecified atom stereocenters. The van der Waals surface area contributed by atoms with E-state index in [1.807, 2.05) is 4.90 Å². The van der Waals surface area contributed by atoms with Crippen LogP contribution in [0.3, 0.4) is 0 Å². The van der Waals surface area contributed by atoms with Crippen molar-refractivity contribution in [2.45, 2.75) is 50.6 Å². The van der Waals surface area contributed by atoms with Gasteiger partial charge in [0.05, 0.1) is 5.54 Å². The summed E-state index contributed by atoms with van der Waals surface area (Å²) in [6.45, 7) is 1.32. The Labute approximate surface area is 137 Å². The molecule has 1 amide bonds. The Morgan fingerprint density at radius 3 is 2.36 bits per heavy atom. The van der Waals surface area contributed by atoms with Gasteiger partial charge in [0.2, 0.25) is 5.91 Å². The number of benzene rings is 1. The first-order valence-corrected chi connectivity index (χ1v) is 7.89. The van der Waals surface area contributed by atoms with E-state index in [-0.39, 0.29) is 24.1 Å². The lowest BCUT2D eigenvalue weighted by atomic mass is 9.96. The molecule has 3 nitrogen and oxygen atoms in total. The molecule has 3 rings (SSSR count). The summed E-state index contributed by atoms with van der Waals surface area (Å²) in [5.74, 6) is 0.459. The minimum absolute atomic E-state index is 0. The van der Waals surface area contributed by atoms with Gasteiger partial charge >= 0.3 is 0 Å². The molecule has 0 atom stereocenters. The molecule has 1 aromatic carbocycles. The van der Waals surface area contributed by atoms with Crippen LogP contribution in [0.1, 0.15) is 44.1 Å². The molecular formula is C17H24ClFN2O. The quantitative estimate of drug-likeness (QED) is 0.902. The van der Waals surface area contributed by atoms with Crippen molar-refractivity contribution in [1.82, 2.24) is 4.90 Å². The third-order valence-electron chi connectivity index (χ3n) is 4.67. The molecule has 0 aromatic heterocycles. The van der Waals surface area contributed by atoms with E-state index >= 15 is 0 Å². The minimum atomic E-state index is -0.672. The van der Waals surface area contributed by atoms with Gasteiger partial charge in [0.15, 0.2) is 0 Å². The number of halogens is 2. The SMILES string of the molecule is Cl.NC1(C(=O)N(Cc2ccc(F)cc2)CC2CC2)CCCC1. The lowest BCUT2D eigenvalue weighted by molar-refractivity contribution is -0.137. The number of carbonyl (C=O) groups excluding carboxylic acids is 1. The van der Waals surface area contributed by atoms with Gasteiger partial charge < -0.3 is 10.6 Å². The molecule has 0 saturated heterocycles. The Morgan fingerprint density at radius 1 is 1.23 bits per heavy atom. The van der Waals surface area contributed by atoms with Crippen molar-refractivity contribution in [1.29, 1.82) is 0 Å². The first-order chi connectivity index (χ1) is 10.1. The van der Waals surface area contributed by atoms with E-state index < -0.39 is 5.54 Å². The molecule has 2 aliphatic carbocycles. The molecule has 0 heterocycles. The zero-order valence-electron chi connectivity index (χ0n) is 12.8. The average molecular weight is 327 g/mol. The largest absolute Gasteiger partial charge is 0.336 e. The van der Waals surface area contributed by atoms with Crippen molar-refractivity contribution in [3.63, 3.8) is 0 Å². The van der Waals surface area contributed by atoms with Crippen LogP contribution in [0.2, 0.25) is 0 Å². The lowest BCUT2D eigenvalue weighted by Gasteiger charge is -2.32. The zero-order chi connectivity index (χ0) is 14.9. The van der Waals surface area contributed by atoms with Crippen LogP contribution in [-0.4, -0.2) is 22.9 Å². The van der Waals surface area contributed by atoms with Crippen molar-refractivity contribution in [3.05, 3.63) is 35.6 Å². The van der Waals surface area contributed by atoms with Gasteiger partial charge in [0, 0.05) is 13.1 Å². The normalized spacial score (nSPS) is 19.5. The maximum absolute atomic E-state index is 13.0. The van der Waals surface area contributed by atoms with Crippen molar-refractivity contribution in [2.24, 2.45) is 11.7 Å². The first-order valence-electron chi connectivity index (χ1n) is 7.89. The van der Waals surface area contributed by atoms with Crippen LogP contribution in [-0.2, 0) is 11.3 Å². The molecule has 2 aliphatic rings. The van der Waals surface area contributed by atoms with Gasteiger partial charge in [-0.15, -0.1) is 12.4 Å².